The topological polar surface area (TPSA) is 113 Å². The molecule has 3 aromatic heterocycles. The number of hydrogen-bond donors (Lipinski definition) is 1. The molecule has 0 saturated carbocycles. The number of hydrogen-bond acceptors (Lipinski definition) is 7. The third-order valence-corrected chi connectivity index (χ3v) is 5.56. The molecular formula is C22H15ClF3N7O3. The van der Waals surface area contributed by atoms with Gasteiger partial charge in [0.05, 0.1) is 30.7 Å². The van der Waals surface area contributed by atoms with E-state index in [9.17, 15) is 22.8 Å². The Hall–Kier alpha value is -4.39. The number of halogens is 4. The lowest BCUT2D eigenvalue weighted by Gasteiger charge is -2.16. The summed E-state index contributed by atoms with van der Waals surface area (Å²) in [5.41, 5.74) is -1.47. The highest BCUT2D eigenvalue weighted by atomic mass is 35.5. The quantitative estimate of drug-likeness (QED) is 0.343. The summed E-state index contributed by atoms with van der Waals surface area (Å²) in [4.78, 5) is 30.1. The van der Waals surface area contributed by atoms with E-state index in [0.717, 1.165) is 4.57 Å². The first kappa shape index (κ1) is 22.1. The predicted octanol–water partition coefficient (Wildman–Crippen LogP) is 3.19. The highest BCUT2D eigenvalue weighted by molar-refractivity contribution is 6.34. The molecule has 1 N–H and O–H groups in total. The van der Waals surface area contributed by atoms with Crippen molar-refractivity contribution in [3.8, 4) is 0 Å². The van der Waals surface area contributed by atoms with Crippen molar-refractivity contribution in [2.45, 2.75) is 13.1 Å². The van der Waals surface area contributed by atoms with Crippen LogP contribution in [-0.4, -0.2) is 29.1 Å². The normalized spacial score (nSPS) is 11.8. The van der Waals surface area contributed by atoms with Crippen LogP contribution in [0.25, 0.3) is 10.9 Å². The highest BCUT2D eigenvalue weighted by Crippen LogP contribution is 2.29. The minimum Gasteiger partial charge on any atom is -0.364 e. The number of rotatable bonds is 6. The molecule has 0 aliphatic rings. The summed E-state index contributed by atoms with van der Waals surface area (Å²) in [7, 11) is 1.58. The van der Waals surface area contributed by atoms with Crippen molar-refractivity contribution in [1.82, 2.24) is 29.1 Å². The van der Waals surface area contributed by atoms with Crippen molar-refractivity contribution in [3.05, 3.63) is 97.5 Å². The SMILES string of the molecule is [2H]c1c2cc(Nc3nc(=O)n(Cc4ccon4)c(=O)n3Cc3cc(F)c(F)cc3F)c(Cl)cc2nn1C. The summed E-state index contributed by atoms with van der Waals surface area (Å²) in [5, 5.41) is 11.1. The molecule has 5 aromatic rings. The summed E-state index contributed by atoms with van der Waals surface area (Å²) in [6.07, 6.45) is 1.32. The monoisotopic (exact) mass is 518 g/mol. The van der Waals surface area contributed by atoms with Gasteiger partial charge >= 0.3 is 11.4 Å². The zero-order valence-electron chi connectivity index (χ0n) is 19.3. The van der Waals surface area contributed by atoms with E-state index in [0.29, 0.717) is 27.6 Å². The Kier molecular flexibility index (Phi) is 5.52. The Morgan fingerprint density at radius 1 is 1.08 bits per heavy atom. The van der Waals surface area contributed by atoms with E-state index in [-0.39, 0.29) is 40.6 Å². The highest BCUT2D eigenvalue weighted by Gasteiger charge is 2.19. The van der Waals surface area contributed by atoms with E-state index in [4.69, 9.17) is 17.5 Å². The van der Waals surface area contributed by atoms with Crippen molar-refractivity contribution in [2.75, 3.05) is 5.32 Å². The van der Waals surface area contributed by atoms with E-state index in [1.165, 1.54) is 29.1 Å². The van der Waals surface area contributed by atoms with Gasteiger partial charge in [-0.25, -0.2) is 27.3 Å². The van der Waals surface area contributed by atoms with Gasteiger partial charge in [0, 0.05) is 36.3 Å². The summed E-state index contributed by atoms with van der Waals surface area (Å²) in [5.74, 6) is -4.19. The van der Waals surface area contributed by atoms with Crippen molar-refractivity contribution in [3.63, 3.8) is 0 Å². The van der Waals surface area contributed by atoms with Crippen LogP contribution in [0.5, 0.6) is 0 Å². The molecular weight excluding hydrogens is 503 g/mol. The molecule has 0 saturated heterocycles. The number of anilines is 2. The molecule has 0 atom stereocenters. The minimum absolute atomic E-state index is 0.0759. The largest absolute Gasteiger partial charge is 0.364 e. The minimum atomic E-state index is -1.40. The number of fused-ring (bicyclic) bond motifs is 1. The Balaban J connectivity index is 1.66. The lowest BCUT2D eigenvalue weighted by atomic mass is 10.2. The van der Waals surface area contributed by atoms with Crippen molar-refractivity contribution in [2.24, 2.45) is 7.05 Å². The van der Waals surface area contributed by atoms with Crippen LogP contribution in [0.3, 0.4) is 0 Å². The molecule has 0 unspecified atom stereocenters. The second kappa shape index (κ2) is 9.00. The summed E-state index contributed by atoms with van der Waals surface area (Å²) >= 11 is 6.35. The van der Waals surface area contributed by atoms with E-state index in [1.54, 1.807) is 7.05 Å². The van der Waals surface area contributed by atoms with Gasteiger partial charge in [0.1, 0.15) is 17.8 Å². The number of aromatic nitrogens is 6. The molecule has 10 nitrogen and oxygen atoms in total. The third-order valence-electron chi connectivity index (χ3n) is 5.25. The first-order valence-corrected chi connectivity index (χ1v) is 10.6. The first-order chi connectivity index (χ1) is 17.6. The van der Waals surface area contributed by atoms with Gasteiger partial charge in [-0.2, -0.15) is 10.1 Å². The third kappa shape index (κ3) is 4.35. The summed E-state index contributed by atoms with van der Waals surface area (Å²) in [6.45, 7) is -0.931. The van der Waals surface area contributed by atoms with Crippen LogP contribution < -0.4 is 16.7 Å². The molecule has 0 spiro atoms. The van der Waals surface area contributed by atoms with E-state index in [1.807, 2.05) is 0 Å². The number of nitrogens with zero attached hydrogens (tertiary/aromatic N) is 6. The molecule has 3 heterocycles. The van der Waals surface area contributed by atoms with Gasteiger partial charge in [0.25, 0.3) is 0 Å². The van der Waals surface area contributed by atoms with Crippen molar-refractivity contribution >= 4 is 34.1 Å². The smallest absolute Gasteiger partial charge is 0.355 e. The van der Waals surface area contributed by atoms with E-state index in [2.05, 4.69) is 20.6 Å². The molecule has 2 aromatic carbocycles. The molecule has 5 rings (SSSR count). The van der Waals surface area contributed by atoms with Crippen LogP contribution in [0, 0.1) is 17.5 Å². The molecule has 0 amide bonds. The first-order valence-electron chi connectivity index (χ1n) is 10.8. The van der Waals surface area contributed by atoms with Crippen molar-refractivity contribution < 1.29 is 19.1 Å². The van der Waals surface area contributed by atoms with E-state index < -0.39 is 35.4 Å². The second-order valence-corrected chi connectivity index (χ2v) is 8.14. The zero-order chi connectivity index (χ0) is 26.4. The molecule has 14 heteroatoms. The fourth-order valence-electron chi connectivity index (χ4n) is 3.55. The molecule has 36 heavy (non-hydrogen) atoms. The number of nitrogens with one attached hydrogen (secondary N) is 1. The van der Waals surface area contributed by atoms with Gasteiger partial charge < -0.3 is 9.84 Å². The van der Waals surface area contributed by atoms with Crippen LogP contribution >= 0.6 is 11.6 Å². The Labute approximate surface area is 205 Å². The molecule has 184 valence electrons. The van der Waals surface area contributed by atoms with Gasteiger partial charge in [-0.3, -0.25) is 9.25 Å². The van der Waals surface area contributed by atoms with Crippen LogP contribution in [0.1, 0.15) is 12.6 Å². The van der Waals surface area contributed by atoms with Gasteiger partial charge in [-0.15, -0.1) is 0 Å². The fraction of sp³-hybridized carbons (Fsp3) is 0.136. The predicted molar refractivity (Wildman–Crippen MR) is 123 cm³/mol. The number of aryl methyl sites for hydroxylation is 1. The Morgan fingerprint density at radius 3 is 2.61 bits per heavy atom. The average Bonchev–Trinajstić information content (AvgIpc) is 3.45. The Morgan fingerprint density at radius 2 is 1.86 bits per heavy atom. The summed E-state index contributed by atoms with van der Waals surface area (Å²) < 4.78 is 57.6. The van der Waals surface area contributed by atoms with E-state index >= 15 is 0 Å². The second-order valence-electron chi connectivity index (χ2n) is 7.73. The van der Waals surface area contributed by atoms with Crippen LogP contribution in [0.15, 0.2) is 56.9 Å². The maximum atomic E-state index is 14.5. The summed E-state index contributed by atoms with van der Waals surface area (Å²) in [6, 6.07) is 5.33. The molecule has 0 aliphatic heterocycles. The van der Waals surface area contributed by atoms with Gasteiger partial charge in [-0.1, -0.05) is 16.8 Å². The van der Waals surface area contributed by atoms with Crippen LogP contribution in [-0.2, 0) is 20.1 Å². The Bertz CT molecular complexity index is 1780. The standard InChI is InChI=1S/C22H15ClF3N7O3/c1-31-8-12-5-19(14(23)6-18(12)29-31)27-20-28-21(34)33(10-13-2-3-36-30-13)22(35)32(20)9-11-4-16(25)17(26)7-15(11)24/h2-8H,9-10H2,1H3,(H,27,28,34)/i8D. The fourth-order valence-corrected chi connectivity index (χ4v) is 3.76. The zero-order valence-corrected chi connectivity index (χ0v) is 19.1. The maximum absolute atomic E-state index is 14.5. The van der Waals surface area contributed by atoms with Gasteiger partial charge in [0.15, 0.2) is 11.6 Å². The lowest BCUT2D eigenvalue weighted by molar-refractivity contribution is 0.407. The van der Waals surface area contributed by atoms with Crippen LogP contribution in [0.4, 0.5) is 24.8 Å². The maximum Gasteiger partial charge on any atom is 0.355 e. The molecule has 0 radical (unpaired) electrons. The molecule has 0 aliphatic carbocycles. The van der Waals surface area contributed by atoms with Gasteiger partial charge in [-0.05, 0) is 18.2 Å². The van der Waals surface area contributed by atoms with Crippen LogP contribution in [0.2, 0.25) is 5.02 Å². The molecule has 0 fully saturated rings. The van der Waals surface area contributed by atoms with Crippen molar-refractivity contribution in [1.29, 1.82) is 0 Å². The average molecular weight is 519 g/mol. The van der Waals surface area contributed by atoms with Gasteiger partial charge in [0.2, 0.25) is 5.95 Å². The number of benzene rings is 2. The lowest BCUT2D eigenvalue weighted by Crippen LogP contribution is -2.43. The molecule has 0 bridgehead atoms.